The molecule has 0 aromatic carbocycles. The standard InChI is InChI=1S/C12H22N2O7/c1-5(11(13)18)20-10-8(14-6(2)16)12(19-3)21-7(4-15)9(10)17/h5,7-10,12,15,17H,4H2,1-3H3,(H2,13,18)(H,14,16)/t5-,7-,8-,9-,10-,12-/m1/s1. The smallest absolute Gasteiger partial charge is 0.246 e. The van der Waals surface area contributed by atoms with Crippen LogP contribution in [0.2, 0.25) is 0 Å². The zero-order valence-electron chi connectivity index (χ0n) is 12.2. The minimum absolute atomic E-state index is 0.388. The highest BCUT2D eigenvalue weighted by atomic mass is 16.7. The third kappa shape index (κ3) is 4.35. The van der Waals surface area contributed by atoms with E-state index in [-0.39, 0.29) is 5.91 Å². The number of methoxy groups -OCH3 is 1. The SMILES string of the molecule is CO[C@@H]1O[C@H](CO)[C@@H](O)[C@H](O[C@H](C)C(N)=O)[C@H]1NC(C)=O. The van der Waals surface area contributed by atoms with Crippen molar-refractivity contribution < 1.29 is 34.0 Å². The van der Waals surface area contributed by atoms with Crippen molar-refractivity contribution in [2.45, 2.75) is 50.6 Å². The summed E-state index contributed by atoms with van der Waals surface area (Å²) in [5.74, 6) is -1.11. The summed E-state index contributed by atoms with van der Waals surface area (Å²) in [5, 5.41) is 22.0. The Balaban J connectivity index is 2.99. The molecule has 6 atom stereocenters. The fourth-order valence-electron chi connectivity index (χ4n) is 2.12. The van der Waals surface area contributed by atoms with Gasteiger partial charge in [-0.2, -0.15) is 0 Å². The molecule has 0 aromatic rings. The van der Waals surface area contributed by atoms with Gasteiger partial charge in [0, 0.05) is 14.0 Å². The van der Waals surface area contributed by atoms with Crippen molar-refractivity contribution >= 4 is 11.8 Å². The fourth-order valence-corrected chi connectivity index (χ4v) is 2.12. The maximum absolute atomic E-state index is 11.3. The molecule has 0 bridgehead atoms. The number of aliphatic hydroxyl groups is 2. The molecule has 122 valence electrons. The highest BCUT2D eigenvalue weighted by molar-refractivity contribution is 5.78. The summed E-state index contributed by atoms with van der Waals surface area (Å²) >= 11 is 0. The number of primary amides is 1. The van der Waals surface area contributed by atoms with Gasteiger partial charge in [-0.3, -0.25) is 9.59 Å². The van der Waals surface area contributed by atoms with Gasteiger partial charge in [-0.15, -0.1) is 0 Å². The number of rotatable bonds is 6. The Morgan fingerprint density at radius 1 is 1.48 bits per heavy atom. The Morgan fingerprint density at radius 3 is 2.52 bits per heavy atom. The molecule has 1 aliphatic heterocycles. The molecule has 1 rings (SSSR count). The number of carbonyl (C=O) groups excluding carboxylic acids is 2. The molecule has 1 aliphatic rings. The summed E-state index contributed by atoms with van der Waals surface area (Å²) < 4.78 is 15.9. The molecular formula is C12H22N2O7. The second-order valence-corrected chi connectivity index (χ2v) is 4.82. The lowest BCUT2D eigenvalue weighted by Crippen LogP contribution is -2.66. The molecule has 2 amide bonds. The quantitative estimate of drug-likeness (QED) is 0.424. The Bertz CT molecular complexity index is 379. The van der Waals surface area contributed by atoms with Gasteiger partial charge < -0.3 is 35.5 Å². The molecule has 21 heavy (non-hydrogen) atoms. The molecule has 9 heteroatoms. The molecule has 0 radical (unpaired) electrons. The normalized spacial score (nSPS) is 34.2. The lowest BCUT2D eigenvalue weighted by molar-refractivity contribution is -0.273. The van der Waals surface area contributed by atoms with Crippen molar-refractivity contribution in [1.29, 1.82) is 0 Å². The first-order chi connectivity index (χ1) is 9.81. The minimum Gasteiger partial charge on any atom is -0.394 e. The highest BCUT2D eigenvalue weighted by Crippen LogP contribution is 2.25. The van der Waals surface area contributed by atoms with Gasteiger partial charge in [0.1, 0.15) is 30.5 Å². The van der Waals surface area contributed by atoms with Crippen LogP contribution in [0.4, 0.5) is 0 Å². The van der Waals surface area contributed by atoms with Crippen molar-refractivity contribution in [2.75, 3.05) is 13.7 Å². The number of hydrogen-bond donors (Lipinski definition) is 4. The minimum atomic E-state index is -1.26. The van der Waals surface area contributed by atoms with Crippen LogP contribution < -0.4 is 11.1 Å². The zero-order chi connectivity index (χ0) is 16.2. The van der Waals surface area contributed by atoms with Crippen molar-refractivity contribution in [3.63, 3.8) is 0 Å². The van der Waals surface area contributed by atoms with E-state index in [2.05, 4.69) is 5.32 Å². The number of nitrogens with one attached hydrogen (secondary N) is 1. The van der Waals surface area contributed by atoms with E-state index in [0.29, 0.717) is 0 Å². The van der Waals surface area contributed by atoms with Crippen LogP contribution in [0.15, 0.2) is 0 Å². The second-order valence-electron chi connectivity index (χ2n) is 4.82. The first-order valence-electron chi connectivity index (χ1n) is 6.50. The zero-order valence-corrected chi connectivity index (χ0v) is 12.2. The van der Waals surface area contributed by atoms with Crippen LogP contribution in [0.5, 0.6) is 0 Å². The van der Waals surface area contributed by atoms with Crippen LogP contribution in [0.1, 0.15) is 13.8 Å². The number of hydrogen-bond acceptors (Lipinski definition) is 7. The highest BCUT2D eigenvalue weighted by Gasteiger charge is 2.47. The van der Waals surface area contributed by atoms with Gasteiger partial charge in [0.15, 0.2) is 6.29 Å². The topological polar surface area (TPSA) is 140 Å². The Kier molecular flexibility index (Phi) is 6.49. The molecule has 1 fully saturated rings. The number of carbonyl (C=O) groups is 2. The van der Waals surface area contributed by atoms with E-state index >= 15 is 0 Å². The van der Waals surface area contributed by atoms with Crippen molar-refractivity contribution in [2.24, 2.45) is 5.73 Å². The van der Waals surface area contributed by atoms with Crippen molar-refractivity contribution in [3.05, 3.63) is 0 Å². The first kappa shape index (κ1) is 17.8. The van der Waals surface area contributed by atoms with Crippen LogP contribution in [0.3, 0.4) is 0 Å². The van der Waals surface area contributed by atoms with Crippen LogP contribution in [0, 0.1) is 0 Å². The van der Waals surface area contributed by atoms with E-state index in [4.69, 9.17) is 19.9 Å². The summed E-state index contributed by atoms with van der Waals surface area (Å²) in [6.07, 6.45) is -5.19. The van der Waals surface area contributed by atoms with Gasteiger partial charge in [0.2, 0.25) is 11.8 Å². The summed E-state index contributed by atoms with van der Waals surface area (Å²) in [6, 6.07) is -0.855. The van der Waals surface area contributed by atoms with E-state index in [0.717, 1.165) is 0 Å². The largest absolute Gasteiger partial charge is 0.394 e. The molecule has 0 aromatic heterocycles. The molecular weight excluding hydrogens is 284 g/mol. The lowest BCUT2D eigenvalue weighted by atomic mass is 9.96. The van der Waals surface area contributed by atoms with Crippen LogP contribution in [-0.2, 0) is 23.8 Å². The monoisotopic (exact) mass is 306 g/mol. The van der Waals surface area contributed by atoms with E-state index in [9.17, 15) is 19.8 Å². The molecule has 0 saturated carbocycles. The van der Waals surface area contributed by atoms with E-state index < -0.39 is 49.3 Å². The van der Waals surface area contributed by atoms with Crippen LogP contribution in [0.25, 0.3) is 0 Å². The molecule has 0 unspecified atom stereocenters. The van der Waals surface area contributed by atoms with Crippen molar-refractivity contribution in [3.8, 4) is 0 Å². The third-order valence-electron chi connectivity index (χ3n) is 3.22. The summed E-state index contributed by atoms with van der Waals surface area (Å²) in [5.41, 5.74) is 5.13. The average Bonchev–Trinajstić information content (AvgIpc) is 2.42. The van der Waals surface area contributed by atoms with Gasteiger partial charge in [-0.05, 0) is 6.92 Å². The summed E-state index contributed by atoms with van der Waals surface area (Å²) in [7, 11) is 1.35. The maximum Gasteiger partial charge on any atom is 0.246 e. The maximum atomic E-state index is 11.3. The molecule has 1 saturated heterocycles. The molecule has 5 N–H and O–H groups in total. The van der Waals surface area contributed by atoms with E-state index in [1.165, 1.54) is 21.0 Å². The van der Waals surface area contributed by atoms with Crippen LogP contribution >= 0.6 is 0 Å². The Morgan fingerprint density at radius 2 is 2.10 bits per heavy atom. The lowest BCUT2D eigenvalue weighted by Gasteiger charge is -2.44. The predicted octanol–water partition coefficient (Wildman–Crippen LogP) is -2.53. The van der Waals surface area contributed by atoms with E-state index in [1.54, 1.807) is 0 Å². The summed E-state index contributed by atoms with van der Waals surface area (Å²) in [4.78, 5) is 22.4. The van der Waals surface area contributed by atoms with Crippen LogP contribution in [-0.4, -0.2) is 72.5 Å². The van der Waals surface area contributed by atoms with Gasteiger partial charge in [0.05, 0.1) is 6.61 Å². The van der Waals surface area contributed by atoms with Gasteiger partial charge in [-0.1, -0.05) is 0 Å². The number of nitrogens with two attached hydrogens (primary N) is 1. The van der Waals surface area contributed by atoms with Gasteiger partial charge in [0.25, 0.3) is 0 Å². The first-order valence-corrected chi connectivity index (χ1v) is 6.50. The Hall–Kier alpha value is -1.26. The Labute approximate surface area is 122 Å². The number of aliphatic hydroxyl groups excluding tert-OH is 2. The van der Waals surface area contributed by atoms with E-state index in [1.807, 2.05) is 0 Å². The van der Waals surface area contributed by atoms with Gasteiger partial charge >= 0.3 is 0 Å². The molecule has 0 aliphatic carbocycles. The fraction of sp³-hybridized carbons (Fsp3) is 0.833. The predicted molar refractivity (Wildman–Crippen MR) is 69.9 cm³/mol. The van der Waals surface area contributed by atoms with Crippen molar-refractivity contribution in [1.82, 2.24) is 5.32 Å². The third-order valence-corrected chi connectivity index (χ3v) is 3.22. The molecule has 9 nitrogen and oxygen atoms in total. The van der Waals surface area contributed by atoms with Gasteiger partial charge in [-0.25, -0.2) is 0 Å². The number of amides is 2. The summed E-state index contributed by atoms with van der Waals surface area (Å²) in [6.45, 7) is 2.23. The number of ether oxygens (including phenoxy) is 3. The second kappa shape index (κ2) is 7.66. The average molecular weight is 306 g/mol. The molecule has 1 heterocycles. The molecule has 0 spiro atoms.